The summed E-state index contributed by atoms with van der Waals surface area (Å²) >= 11 is 0. The molecule has 3 N–H and O–H groups in total. The molecule has 1 aromatic heterocycles. The summed E-state index contributed by atoms with van der Waals surface area (Å²) in [7, 11) is 3.33. The van der Waals surface area contributed by atoms with E-state index in [9.17, 15) is 9.59 Å². The molecular formula is C12H15N3O3. The Balaban J connectivity index is 2.69. The van der Waals surface area contributed by atoms with E-state index in [0.717, 1.165) is 5.52 Å². The number of aryl methyl sites for hydroxylation is 2. The SMILES string of the molecule is Cn1c(=O)n(C)c2c(C(N)CC(=O)O)cccc21. The van der Waals surface area contributed by atoms with Crippen LogP contribution in [0, 0.1) is 0 Å². The van der Waals surface area contributed by atoms with Crippen molar-refractivity contribution in [3.8, 4) is 0 Å². The van der Waals surface area contributed by atoms with Gasteiger partial charge in [-0.05, 0) is 11.6 Å². The molecule has 96 valence electrons. The third kappa shape index (κ3) is 1.80. The molecule has 6 heteroatoms. The van der Waals surface area contributed by atoms with Gasteiger partial charge in [-0.1, -0.05) is 12.1 Å². The monoisotopic (exact) mass is 249 g/mol. The number of nitrogens with zero attached hydrogens (tertiary/aromatic N) is 2. The van der Waals surface area contributed by atoms with Gasteiger partial charge in [0.25, 0.3) is 0 Å². The van der Waals surface area contributed by atoms with Gasteiger partial charge in [0.15, 0.2) is 0 Å². The van der Waals surface area contributed by atoms with E-state index in [0.29, 0.717) is 11.1 Å². The van der Waals surface area contributed by atoms with E-state index in [4.69, 9.17) is 10.8 Å². The van der Waals surface area contributed by atoms with E-state index in [1.807, 2.05) is 6.07 Å². The van der Waals surface area contributed by atoms with Crippen LogP contribution >= 0.6 is 0 Å². The Labute approximate surface area is 103 Å². The third-order valence-electron chi connectivity index (χ3n) is 3.11. The highest BCUT2D eigenvalue weighted by Gasteiger charge is 2.17. The van der Waals surface area contributed by atoms with Gasteiger partial charge in [0.2, 0.25) is 0 Å². The molecule has 0 saturated carbocycles. The van der Waals surface area contributed by atoms with Crippen LogP contribution in [-0.2, 0) is 18.9 Å². The minimum Gasteiger partial charge on any atom is -0.481 e. The second-order valence-electron chi connectivity index (χ2n) is 4.32. The first-order valence-electron chi connectivity index (χ1n) is 5.55. The van der Waals surface area contributed by atoms with Gasteiger partial charge in [0.1, 0.15) is 0 Å². The molecule has 1 aromatic carbocycles. The van der Waals surface area contributed by atoms with Gasteiger partial charge in [-0.25, -0.2) is 4.79 Å². The number of para-hydroxylation sites is 1. The van der Waals surface area contributed by atoms with Gasteiger partial charge in [-0.15, -0.1) is 0 Å². The predicted octanol–water partition coefficient (Wildman–Crippen LogP) is 0.352. The number of aliphatic carboxylic acids is 1. The molecule has 0 aliphatic heterocycles. The molecule has 1 atom stereocenters. The summed E-state index contributed by atoms with van der Waals surface area (Å²) in [6.07, 6.45) is -0.164. The van der Waals surface area contributed by atoms with E-state index in [-0.39, 0.29) is 12.1 Å². The van der Waals surface area contributed by atoms with Crippen molar-refractivity contribution in [1.29, 1.82) is 0 Å². The second-order valence-corrected chi connectivity index (χ2v) is 4.32. The summed E-state index contributed by atoms with van der Waals surface area (Å²) in [4.78, 5) is 22.6. The maximum absolute atomic E-state index is 11.9. The van der Waals surface area contributed by atoms with Crippen LogP contribution in [0.25, 0.3) is 11.0 Å². The van der Waals surface area contributed by atoms with Gasteiger partial charge in [-0.3, -0.25) is 13.9 Å². The molecule has 2 aromatic rings. The minimum absolute atomic E-state index is 0.153. The number of rotatable bonds is 3. The number of carboxylic acids is 1. The molecule has 1 heterocycles. The Bertz CT molecular complexity index is 669. The Morgan fingerprint density at radius 2 is 2.06 bits per heavy atom. The molecule has 0 radical (unpaired) electrons. The van der Waals surface area contributed by atoms with Crippen molar-refractivity contribution in [2.24, 2.45) is 19.8 Å². The Morgan fingerprint density at radius 3 is 2.67 bits per heavy atom. The van der Waals surface area contributed by atoms with Crippen molar-refractivity contribution in [2.75, 3.05) is 0 Å². The Kier molecular flexibility index (Phi) is 2.96. The van der Waals surface area contributed by atoms with Crippen molar-refractivity contribution >= 4 is 17.0 Å². The first-order valence-corrected chi connectivity index (χ1v) is 5.55. The molecule has 6 nitrogen and oxygen atoms in total. The van der Waals surface area contributed by atoms with Gasteiger partial charge in [0.05, 0.1) is 17.5 Å². The molecular weight excluding hydrogens is 234 g/mol. The molecule has 0 spiro atoms. The lowest BCUT2D eigenvalue weighted by molar-refractivity contribution is -0.137. The first kappa shape index (κ1) is 12.4. The van der Waals surface area contributed by atoms with Crippen LogP contribution in [0.15, 0.2) is 23.0 Å². The normalized spacial score (nSPS) is 12.8. The molecule has 0 saturated heterocycles. The van der Waals surface area contributed by atoms with Crippen LogP contribution in [0.4, 0.5) is 0 Å². The van der Waals surface area contributed by atoms with Gasteiger partial charge < -0.3 is 10.8 Å². The van der Waals surface area contributed by atoms with Crippen LogP contribution in [0.5, 0.6) is 0 Å². The zero-order valence-electron chi connectivity index (χ0n) is 10.3. The number of carbonyl (C=O) groups is 1. The smallest absolute Gasteiger partial charge is 0.328 e. The summed E-state index contributed by atoms with van der Waals surface area (Å²) in [6, 6.07) is 4.72. The van der Waals surface area contributed by atoms with Crippen LogP contribution in [-0.4, -0.2) is 20.2 Å². The van der Waals surface area contributed by atoms with Crippen molar-refractivity contribution < 1.29 is 9.90 Å². The number of fused-ring (bicyclic) bond motifs is 1. The van der Waals surface area contributed by atoms with Crippen molar-refractivity contribution in [3.05, 3.63) is 34.2 Å². The summed E-state index contributed by atoms with van der Waals surface area (Å²) in [6.45, 7) is 0. The summed E-state index contributed by atoms with van der Waals surface area (Å²) in [5.74, 6) is -0.958. The van der Waals surface area contributed by atoms with Crippen LogP contribution in [0.1, 0.15) is 18.0 Å². The number of imidazole rings is 1. The molecule has 18 heavy (non-hydrogen) atoms. The van der Waals surface area contributed by atoms with Gasteiger partial charge >= 0.3 is 11.7 Å². The number of carboxylic acid groups (broad SMARTS) is 1. The van der Waals surface area contributed by atoms with E-state index < -0.39 is 12.0 Å². The standard InChI is InChI=1S/C12H15N3O3/c1-14-9-5-3-4-7(8(13)6-10(16)17)11(9)15(2)12(14)18/h3-5,8H,6,13H2,1-2H3,(H,16,17). The fraction of sp³-hybridized carbons (Fsp3) is 0.333. The van der Waals surface area contributed by atoms with Crippen molar-refractivity contribution in [1.82, 2.24) is 9.13 Å². The maximum atomic E-state index is 11.9. The summed E-state index contributed by atoms with van der Waals surface area (Å²) in [5.41, 5.74) is 7.85. The Hall–Kier alpha value is -2.08. The van der Waals surface area contributed by atoms with Crippen LogP contribution < -0.4 is 11.4 Å². The highest BCUT2D eigenvalue weighted by Crippen LogP contribution is 2.23. The van der Waals surface area contributed by atoms with Crippen molar-refractivity contribution in [3.63, 3.8) is 0 Å². The van der Waals surface area contributed by atoms with Gasteiger partial charge in [0, 0.05) is 20.1 Å². The number of nitrogens with two attached hydrogens (primary N) is 1. The highest BCUT2D eigenvalue weighted by atomic mass is 16.4. The fourth-order valence-corrected chi connectivity index (χ4v) is 2.21. The van der Waals surface area contributed by atoms with E-state index in [1.54, 1.807) is 26.2 Å². The predicted molar refractivity (Wildman–Crippen MR) is 67.3 cm³/mol. The average molecular weight is 249 g/mol. The van der Waals surface area contributed by atoms with E-state index in [2.05, 4.69) is 0 Å². The average Bonchev–Trinajstić information content (AvgIpc) is 2.54. The first-order chi connectivity index (χ1) is 8.43. The number of benzene rings is 1. The number of hydrogen-bond acceptors (Lipinski definition) is 3. The number of hydrogen-bond donors (Lipinski definition) is 2. The molecule has 0 aliphatic carbocycles. The lowest BCUT2D eigenvalue weighted by atomic mass is 10.0. The van der Waals surface area contributed by atoms with Crippen molar-refractivity contribution in [2.45, 2.75) is 12.5 Å². The zero-order chi connectivity index (χ0) is 13.4. The van der Waals surface area contributed by atoms with Gasteiger partial charge in [-0.2, -0.15) is 0 Å². The van der Waals surface area contributed by atoms with E-state index in [1.165, 1.54) is 9.13 Å². The lowest BCUT2D eigenvalue weighted by Gasteiger charge is -2.11. The lowest BCUT2D eigenvalue weighted by Crippen LogP contribution is -2.20. The highest BCUT2D eigenvalue weighted by molar-refractivity contribution is 5.81. The topological polar surface area (TPSA) is 90.3 Å². The molecule has 0 amide bonds. The second kappa shape index (κ2) is 4.30. The number of aromatic nitrogens is 2. The zero-order valence-corrected chi connectivity index (χ0v) is 10.3. The molecule has 0 bridgehead atoms. The quantitative estimate of drug-likeness (QED) is 0.821. The molecule has 0 fully saturated rings. The summed E-state index contributed by atoms with van der Waals surface area (Å²) in [5, 5.41) is 8.79. The largest absolute Gasteiger partial charge is 0.481 e. The van der Waals surface area contributed by atoms with E-state index >= 15 is 0 Å². The molecule has 2 rings (SSSR count). The summed E-state index contributed by atoms with van der Waals surface area (Å²) < 4.78 is 3.01. The Morgan fingerprint density at radius 1 is 1.39 bits per heavy atom. The van der Waals surface area contributed by atoms with Crippen LogP contribution in [0.2, 0.25) is 0 Å². The fourth-order valence-electron chi connectivity index (χ4n) is 2.21. The molecule has 0 aliphatic rings. The maximum Gasteiger partial charge on any atom is 0.328 e. The molecule has 1 unspecified atom stereocenters. The third-order valence-corrected chi connectivity index (χ3v) is 3.11. The van der Waals surface area contributed by atoms with Crippen LogP contribution in [0.3, 0.4) is 0 Å². The minimum atomic E-state index is -0.958.